The van der Waals surface area contributed by atoms with E-state index in [1.54, 1.807) is 6.92 Å². The number of aromatic amines is 1. The van der Waals surface area contributed by atoms with E-state index in [1.807, 2.05) is 0 Å². The van der Waals surface area contributed by atoms with Crippen LogP contribution in [0.25, 0.3) is 0 Å². The van der Waals surface area contributed by atoms with Crippen LogP contribution in [0.3, 0.4) is 0 Å². The molecule has 98 valence electrons. The number of halogens is 2. The van der Waals surface area contributed by atoms with Crippen LogP contribution in [-0.4, -0.2) is 15.7 Å². The molecule has 0 radical (unpaired) electrons. The quantitative estimate of drug-likeness (QED) is 0.869. The van der Waals surface area contributed by atoms with Gasteiger partial charge in [-0.3, -0.25) is 14.3 Å². The van der Waals surface area contributed by atoms with E-state index in [2.05, 4.69) is 4.98 Å². The lowest BCUT2D eigenvalue weighted by Crippen LogP contribution is -2.33. The van der Waals surface area contributed by atoms with Crippen molar-refractivity contribution in [3.63, 3.8) is 0 Å². The molecule has 0 amide bonds. The van der Waals surface area contributed by atoms with Crippen LogP contribution < -0.4 is 11.2 Å². The molecular formula is C11H12F2N2O3. The van der Waals surface area contributed by atoms with E-state index in [0.717, 1.165) is 6.08 Å². The summed E-state index contributed by atoms with van der Waals surface area (Å²) < 4.78 is 30.7. The fraction of sp³-hybridized carbons (Fsp3) is 0.455. The number of hydrogen-bond acceptors (Lipinski definition) is 3. The Balaban J connectivity index is 2.25. The lowest BCUT2D eigenvalue weighted by atomic mass is 10.2. The summed E-state index contributed by atoms with van der Waals surface area (Å²) in [5.74, 6) is 0. The molecule has 0 unspecified atom stereocenters. The van der Waals surface area contributed by atoms with Crippen LogP contribution in [0.5, 0.6) is 0 Å². The molecule has 1 aromatic rings. The predicted molar refractivity (Wildman–Crippen MR) is 59.5 cm³/mol. The Bertz CT molecular complexity index is 587. The van der Waals surface area contributed by atoms with Crippen molar-refractivity contribution >= 4 is 0 Å². The highest BCUT2D eigenvalue weighted by molar-refractivity contribution is 5.02. The maximum Gasteiger partial charge on any atom is 0.330 e. The topological polar surface area (TPSA) is 64.1 Å². The SMILES string of the molecule is Cc1cn([C@H]2CC[C@@H](C=C(F)F)O2)c(=O)[nH]c1=O. The first-order valence-electron chi connectivity index (χ1n) is 5.47. The average Bonchev–Trinajstić information content (AvgIpc) is 2.70. The molecule has 1 aromatic heterocycles. The van der Waals surface area contributed by atoms with E-state index in [-0.39, 0.29) is 0 Å². The minimum atomic E-state index is -1.80. The normalized spacial score (nSPS) is 23.1. The van der Waals surface area contributed by atoms with Gasteiger partial charge in [0.05, 0.1) is 6.10 Å². The van der Waals surface area contributed by atoms with Gasteiger partial charge in [-0.25, -0.2) is 4.79 Å². The molecule has 1 saturated heterocycles. The van der Waals surface area contributed by atoms with Crippen LogP contribution in [0.15, 0.2) is 27.9 Å². The smallest absolute Gasteiger partial charge is 0.330 e. The summed E-state index contributed by atoms with van der Waals surface area (Å²) in [6.07, 6.45) is -0.154. The standard InChI is InChI=1S/C11H12F2N2O3/c1-6-5-15(11(17)14-10(6)16)9-3-2-7(18-9)4-8(12)13/h4-5,7,9H,2-3H2,1H3,(H,14,16,17)/t7-,9+/m0/s1. The van der Waals surface area contributed by atoms with Gasteiger partial charge in [0.15, 0.2) is 0 Å². The van der Waals surface area contributed by atoms with E-state index in [4.69, 9.17) is 4.74 Å². The summed E-state index contributed by atoms with van der Waals surface area (Å²) in [5.41, 5.74) is -0.685. The van der Waals surface area contributed by atoms with E-state index >= 15 is 0 Å². The van der Waals surface area contributed by atoms with Crippen molar-refractivity contribution in [1.82, 2.24) is 9.55 Å². The number of nitrogens with zero attached hydrogens (tertiary/aromatic N) is 1. The minimum absolute atomic E-state index is 0.369. The predicted octanol–water partition coefficient (Wildman–Crippen LogP) is 1.30. The van der Waals surface area contributed by atoms with E-state index in [9.17, 15) is 18.4 Å². The summed E-state index contributed by atoms with van der Waals surface area (Å²) in [6.45, 7) is 1.56. The second-order valence-electron chi connectivity index (χ2n) is 4.14. The molecule has 1 fully saturated rings. The van der Waals surface area contributed by atoms with Gasteiger partial charge >= 0.3 is 5.69 Å². The van der Waals surface area contributed by atoms with Gasteiger partial charge in [-0.05, 0) is 19.8 Å². The third-order valence-electron chi connectivity index (χ3n) is 2.80. The minimum Gasteiger partial charge on any atom is -0.350 e. The van der Waals surface area contributed by atoms with Crippen LogP contribution in [0.2, 0.25) is 0 Å². The van der Waals surface area contributed by atoms with Crippen molar-refractivity contribution in [3.05, 3.63) is 44.8 Å². The molecule has 1 aliphatic heterocycles. The third-order valence-corrected chi connectivity index (χ3v) is 2.80. The average molecular weight is 258 g/mol. The second-order valence-corrected chi connectivity index (χ2v) is 4.14. The monoisotopic (exact) mass is 258 g/mol. The Morgan fingerprint density at radius 3 is 2.89 bits per heavy atom. The Morgan fingerprint density at radius 1 is 1.50 bits per heavy atom. The van der Waals surface area contributed by atoms with Crippen molar-refractivity contribution < 1.29 is 13.5 Å². The van der Waals surface area contributed by atoms with Gasteiger partial charge in [0, 0.05) is 17.8 Å². The number of aromatic nitrogens is 2. The molecule has 5 nitrogen and oxygen atoms in total. The zero-order valence-electron chi connectivity index (χ0n) is 9.65. The van der Waals surface area contributed by atoms with Crippen LogP contribution >= 0.6 is 0 Å². The lowest BCUT2D eigenvalue weighted by Gasteiger charge is -2.14. The Labute approximate surface area is 101 Å². The summed E-state index contributed by atoms with van der Waals surface area (Å²) in [6, 6.07) is 0. The fourth-order valence-electron chi connectivity index (χ4n) is 1.91. The molecule has 0 aromatic carbocycles. The number of nitrogens with one attached hydrogen (secondary N) is 1. The Kier molecular flexibility index (Phi) is 3.42. The highest BCUT2D eigenvalue weighted by Gasteiger charge is 2.26. The molecule has 1 N–H and O–H groups in total. The van der Waals surface area contributed by atoms with Gasteiger partial charge in [-0.2, -0.15) is 8.78 Å². The Hall–Kier alpha value is -1.76. The van der Waals surface area contributed by atoms with Gasteiger partial charge in [0.2, 0.25) is 0 Å². The first kappa shape index (κ1) is 12.7. The van der Waals surface area contributed by atoms with Crippen LogP contribution in [0.1, 0.15) is 24.6 Å². The number of ether oxygens (including phenoxy) is 1. The molecule has 18 heavy (non-hydrogen) atoms. The number of H-pyrrole nitrogens is 1. The maximum absolute atomic E-state index is 12.1. The summed E-state index contributed by atoms with van der Waals surface area (Å²) in [7, 11) is 0. The number of hydrogen-bond donors (Lipinski definition) is 1. The van der Waals surface area contributed by atoms with Gasteiger partial charge in [-0.15, -0.1) is 0 Å². The van der Waals surface area contributed by atoms with Crippen LogP contribution in [0, 0.1) is 6.92 Å². The summed E-state index contributed by atoms with van der Waals surface area (Å²) >= 11 is 0. The van der Waals surface area contributed by atoms with Crippen LogP contribution in [0.4, 0.5) is 8.78 Å². The number of aryl methyl sites for hydroxylation is 1. The highest BCUT2D eigenvalue weighted by Crippen LogP contribution is 2.28. The van der Waals surface area contributed by atoms with E-state index in [0.29, 0.717) is 18.4 Å². The fourth-order valence-corrected chi connectivity index (χ4v) is 1.91. The largest absolute Gasteiger partial charge is 0.350 e. The first-order chi connectivity index (χ1) is 8.47. The molecule has 0 spiro atoms. The molecular weight excluding hydrogens is 246 g/mol. The van der Waals surface area contributed by atoms with Crippen molar-refractivity contribution in [2.24, 2.45) is 0 Å². The molecule has 0 bridgehead atoms. The maximum atomic E-state index is 12.1. The molecule has 1 aliphatic rings. The second kappa shape index (κ2) is 4.85. The lowest BCUT2D eigenvalue weighted by molar-refractivity contribution is 0.0186. The van der Waals surface area contributed by atoms with Crippen molar-refractivity contribution in [1.29, 1.82) is 0 Å². The van der Waals surface area contributed by atoms with Gasteiger partial charge < -0.3 is 4.74 Å². The summed E-state index contributed by atoms with van der Waals surface area (Å²) in [5, 5.41) is 0. The van der Waals surface area contributed by atoms with E-state index < -0.39 is 29.7 Å². The number of rotatable bonds is 2. The zero-order chi connectivity index (χ0) is 13.3. The Morgan fingerprint density at radius 2 is 2.22 bits per heavy atom. The molecule has 2 rings (SSSR count). The molecule has 0 aliphatic carbocycles. The molecule has 0 saturated carbocycles. The molecule has 7 heteroatoms. The van der Waals surface area contributed by atoms with Crippen molar-refractivity contribution in [3.8, 4) is 0 Å². The van der Waals surface area contributed by atoms with E-state index in [1.165, 1.54) is 10.8 Å². The highest BCUT2D eigenvalue weighted by atomic mass is 19.3. The zero-order valence-corrected chi connectivity index (χ0v) is 9.65. The van der Waals surface area contributed by atoms with Gasteiger partial charge in [0.1, 0.15) is 6.23 Å². The van der Waals surface area contributed by atoms with Crippen LogP contribution in [-0.2, 0) is 4.74 Å². The molecule has 2 heterocycles. The summed E-state index contributed by atoms with van der Waals surface area (Å²) in [4.78, 5) is 24.9. The molecule has 2 atom stereocenters. The van der Waals surface area contributed by atoms with Crippen molar-refractivity contribution in [2.45, 2.75) is 32.1 Å². The van der Waals surface area contributed by atoms with Gasteiger partial charge in [0.25, 0.3) is 11.6 Å². The third kappa shape index (κ3) is 2.56. The van der Waals surface area contributed by atoms with Crippen molar-refractivity contribution in [2.75, 3.05) is 0 Å². The first-order valence-corrected chi connectivity index (χ1v) is 5.47. The van der Waals surface area contributed by atoms with Gasteiger partial charge in [-0.1, -0.05) is 0 Å².